The molecule has 0 saturated heterocycles. The molecular weight excluding hydrogens is 328 g/mol. The number of benzene rings is 1. The number of ether oxygens (including phenoxy) is 1. The van der Waals surface area contributed by atoms with Gasteiger partial charge >= 0.3 is 0 Å². The fourth-order valence-electron chi connectivity index (χ4n) is 2.34. The molecule has 3 nitrogen and oxygen atoms in total. The van der Waals surface area contributed by atoms with Crippen molar-refractivity contribution in [3.8, 4) is 0 Å². The van der Waals surface area contributed by atoms with Gasteiger partial charge in [0.05, 0.1) is 6.61 Å². The number of halogens is 1. The Balaban J connectivity index is 2.04. The molecule has 0 aliphatic rings. The second-order valence-electron chi connectivity index (χ2n) is 5.02. The zero-order valence-electron chi connectivity index (χ0n) is 12.3. The van der Waals surface area contributed by atoms with E-state index in [1.807, 2.05) is 12.4 Å². The molecular formula is C17H21BrN2O. The van der Waals surface area contributed by atoms with Gasteiger partial charge < -0.3 is 10.1 Å². The minimum Gasteiger partial charge on any atom is -0.383 e. The number of pyridine rings is 1. The largest absolute Gasteiger partial charge is 0.383 e. The SMILES string of the molecule is COCCNCC(Cc1cncc(Br)c1)c1ccccc1. The summed E-state index contributed by atoms with van der Waals surface area (Å²) in [5, 5.41) is 3.46. The summed E-state index contributed by atoms with van der Waals surface area (Å²) in [5.41, 5.74) is 2.59. The number of hydrogen-bond acceptors (Lipinski definition) is 3. The van der Waals surface area contributed by atoms with Crippen LogP contribution in [0.4, 0.5) is 0 Å². The number of rotatable bonds is 8. The van der Waals surface area contributed by atoms with Crippen LogP contribution in [-0.2, 0) is 11.2 Å². The smallest absolute Gasteiger partial charge is 0.0587 e. The minimum absolute atomic E-state index is 0.430. The average Bonchev–Trinajstić information content (AvgIpc) is 2.51. The van der Waals surface area contributed by atoms with E-state index < -0.39 is 0 Å². The highest BCUT2D eigenvalue weighted by Gasteiger charge is 2.12. The lowest BCUT2D eigenvalue weighted by atomic mass is 9.92. The molecule has 0 aliphatic carbocycles. The highest BCUT2D eigenvalue weighted by molar-refractivity contribution is 9.10. The Morgan fingerprint density at radius 1 is 1.24 bits per heavy atom. The molecule has 4 heteroatoms. The standard InChI is InChI=1S/C17H21BrN2O/c1-21-8-7-19-12-16(15-5-3-2-4-6-15)9-14-10-17(18)13-20-11-14/h2-6,10-11,13,16,19H,7-9,12H2,1H3. The molecule has 112 valence electrons. The molecule has 0 amide bonds. The van der Waals surface area contributed by atoms with Crippen molar-refractivity contribution < 1.29 is 4.74 Å². The van der Waals surface area contributed by atoms with Gasteiger partial charge in [-0.15, -0.1) is 0 Å². The average molecular weight is 349 g/mol. The van der Waals surface area contributed by atoms with Crippen molar-refractivity contribution in [2.24, 2.45) is 0 Å². The van der Waals surface area contributed by atoms with Gasteiger partial charge in [-0.05, 0) is 39.5 Å². The molecule has 1 N–H and O–H groups in total. The van der Waals surface area contributed by atoms with Crippen molar-refractivity contribution in [2.45, 2.75) is 12.3 Å². The summed E-state index contributed by atoms with van der Waals surface area (Å²) in [6.07, 6.45) is 4.73. The number of methoxy groups -OCH3 is 1. The van der Waals surface area contributed by atoms with E-state index >= 15 is 0 Å². The minimum atomic E-state index is 0.430. The van der Waals surface area contributed by atoms with Crippen molar-refractivity contribution in [1.82, 2.24) is 10.3 Å². The summed E-state index contributed by atoms with van der Waals surface area (Å²) in [4.78, 5) is 4.25. The van der Waals surface area contributed by atoms with E-state index in [9.17, 15) is 0 Å². The molecule has 2 rings (SSSR count). The van der Waals surface area contributed by atoms with Crippen LogP contribution in [0.3, 0.4) is 0 Å². The Morgan fingerprint density at radius 3 is 2.76 bits per heavy atom. The van der Waals surface area contributed by atoms with Crippen LogP contribution in [0.25, 0.3) is 0 Å². The molecule has 0 saturated carbocycles. The molecule has 1 aromatic heterocycles. The quantitative estimate of drug-likeness (QED) is 0.742. The summed E-state index contributed by atoms with van der Waals surface area (Å²) < 4.78 is 6.11. The molecule has 0 aliphatic heterocycles. The predicted octanol–water partition coefficient (Wildman–Crippen LogP) is 3.41. The Hall–Kier alpha value is -1.23. The maximum absolute atomic E-state index is 5.08. The van der Waals surface area contributed by atoms with Gasteiger partial charge in [0.2, 0.25) is 0 Å². The first-order valence-electron chi connectivity index (χ1n) is 7.13. The predicted molar refractivity (Wildman–Crippen MR) is 89.6 cm³/mol. The van der Waals surface area contributed by atoms with Crippen LogP contribution in [0, 0.1) is 0 Å². The van der Waals surface area contributed by atoms with Gasteiger partial charge in [-0.3, -0.25) is 4.98 Å². The van der Waals surface area contributed by atoms with Crippen molar-refractivity contribution in [3.63, 3.8) is 0 Å². The van der Waals surface area contributed by atoms with Crippen molar-refractivity contribution >= 4 is 15.9 Å². The summed E-state index contributed by atoms with van der Waals surface area (Å²) in [6.45, 7) is 2.54. The third kappa shape index (κ3) is 5.58. The van der Waals surface area contributed by atoms with E-state index in [0.717, 1.165) is 30.6 Å². The zero-order valence-corrected chi connectivity index (χ0v) is 13.8. The van der Waals surface area contributed by atoms with Crippen LogP contribution >= 0.6 is 15.9 Å². The van der Waals surface area contributed by atoms with Gasteiger partial charge in [0.15, 0.2) is 0 Å². The van der Waals surface area contributed by atoms with Crippen LogP contribution in [0.15, 0.2) is 53.3 Å². The normalized spacial score (nSPS) is 12.3. The van der Waals surface area contributed by atoms with E-state index in [-0.39, 0.29) is 0 Å². The second kappa shape index (κ2) is 8.93. The molecule has 0 bridgehead atoms. The molecule has 1 aromatic carbocycles. The van der Waals surface area contributed by atoms with Gasteiger partial charge in [0.25, 0.3) is 0 Å². The lowest BCUT2D eigenvalue weighted by molar-refractivity contribution is 0.199. The van der Waals surface area contributed by atoms with Gasteiger partial charge in [-0.1, -0.05) is 30.3 Å². The first-order chi connectivity index (χ1) is 10.3. The molecule has 0 spiro atoms. The first kappa shape index (κ1) is 16.1. The Labute approximate surface area is 134 Å². The van der Waals surface area contributed by atoms with Crippen molar-refractivity contribution in [3.05, 3.63) is 64.4 Å². The van der Waals surface area contributed by atoms with Crippen molar-refractivity contribution in [2.75, 3.05) is 26.8 Å². The molecule has 1 heterocycles. The fourth-order valence-corrected chi connectivity index (χ4v) is 2.75. The summed E-state index contributed by atoms with van der Waals surface area (Å²) in [7, 11) is 1.73. The van der Waals surface area contributed by atoms with E-state index in [0.29, 0.717) is 5.92 Å². The molecule has 2 aromatic rings. The summed E-state index contributed by atoms with van der Waals surface area (Å²) in [6, 6.07) is 12.8. The molecule has 1 unspecified atom stereocenters. The summed E-state index contributed by atoms with van der Waals surface area (Å²) in [5.74, 6) is 0.430. The fraction of sp³-hybridized carbons (Fsp3) is 0.353. The topological polar surface area (TPSA) is 34.1 Å². The molecule has 0 radical (unpaired) electrons. The maximum atomic E-state index is 5.08. The number of hydrogen-bond donors (Lipinski definition) is 1. The maximum Gasteiger partial charge on any atom is 0.0587 e. The van der Waals surface area contributed by atoms with Gasteiger partial charge in [-0.2, -0.15) is 0 Å². The van der Waals surface area contributed by atoms with Gasteiger partial charge in [-0.25, -0.2) is 0 Å². The third-order valence-corrected chi connectivity index (χ3v) is 3.82. The highest BCUT2D eigenvalue weighted by atomic mass is 79.9. The van der Waals surface area contributed by atoms with E-state index in [1.54, 1.807) is 7.11 Å². The molecule has 0 fully saturated rings. The van der Waals surface area contributed by atoms with Gasteiger partial charge in [0.1, 0.15) is 0 Å². The lowest BCUT2D eigenvalue weighted by Gasteiger charge is -2.18. The Morgan fingerprint density at radius 2 is 2.05 bits per heavy atom. The van der Waals surface area contributed by atoms with E-state index in [2.05, 4.69) is 62.6 Å². The van der Waals surface area contributed by atoms with Crippen LogP contribution in [0.5, 0.6) is 0 Å². The number of nitrogens with zero attached hydrogens (tertiary/aromatic N) is 1. The number of nitrogens with one attached hydrogen (secondary N) is 1. The van der Waals surface area contributed by atoms with Crippen LogP contribution < -0.4 is 5.32 Å². The van der Waals surface area contributed by atoms with Crippen LogP contribution in [0.1, 0.15) is 17.0 Å². The van der Waals surface area contributed by atoms with E-state index in [4.69, 9.17) is 4.74 Å². The van der Waals surface area contributed by atoms with Crippen LogP contribution in [-0.4, -0.2) is 31.8 Å². The number of aromatic nitrogens is 1. The monoisotopic (exact) mass is 348 g/mol. The Kier molecular flexibility index (Phi) is 6.86. The molecule has 21 heavy (non-hydrogen) atoms. The Bertz CT molecular complexity index is 533. The van der Waals surface area contributed by atoms with Crippen LogP contribution in [0.2, 0.25) is 0 Å². The van der Waals surface area contributed by atoms with E-state index in [1.165, 1.54) is 11.1 Å². The first-order valence-corrected chi connectivity index (χ1v) is 7.93. The highest BCUT2D eigenvalue weighted by Crippen LogP contribution is 2.21. The third-order valence-electron chi connectivity index (χ3n) is 3.39. The second-order valence-corrected chi connectivity index (χ2v) is 5.94. The molecule has 1 atom stereocenters. The van der Waals surface area contributed by atoms with Gasteiger partial charge in [0, 0.05) is 43.0 Å². The lowest BCUT2D eigenvalue weighted by Crippen LogP contribution is -2.26. The van der Waals surface area contributed by atoms with Crippen molar-refractivity contribution in [1.29, 1.82) is 0 Å². The zero-order chi connectivity index (χ0) is 14.9. The summed E-state index contributed by atoms with van der Waals surface area (Å²) >= 11 is 3.49.